The minimum absolute atomic E-state index is 0.0779. The standard InChI is InChI=1S/C19H36O5Si/c1-13(2)12-25(3,4)22-11-15-14-9-18(20)23-16(14)10-17(15)24-19-7-5-6-8-21-19/h13-20H,5-12H2,1-4H3/t14?,15?,16-,17?,18?,19?/m0/s1. The molecular formula is C19H36O5Si. The van der Waals surface area contributed by atoms with Gasteiger partial charge in [-0.25, -0.2) is 0 Å². The van der Waals surface area contributed by atoms with Crippen LogP contribution in [0.5, 0.6) is 0 Å². The first-order valence-electron chi connectivity index (χ1n) is 10.1. The molecule has 6 heteroatoms. The van der Waals surface area contributed by atoms with Gasteiger partial charge < -0.3 is 23.7 Å². The van der Waals surface area contributed by atoms with Crippen LogP contribution >= 0.6 is 0 Å². The van der Waals surface area contributed by atoms with E-state index in [0.717, 1.165) is 32.5 Å². The molecule has 1 aliphatic carbocycles. The smallest absolute Gasteiger partial charge is 0.186 e. The minimum Gasteiger partial charge on any atom is -0.417 e. The molecule has 6 atom stereocenters. The second kappa shape index (κ2) is 8.36. The largest absolute Gasteiger partial charge is 0.417 e. The van der Waals surface area contributed by atoms with Crippen LogP contribution < -0.4 is 0 Å². The Morgan fingerprint density at radius 1 is 1.20 bits per heavy atom. The van der Waals surface area contributed by atoms with Crippen molar-refractivity contribution in [3.63, 3.8) is 0 Å². The van der Waals surface area contributed by atoms with E-state index in [0.29, 0.717) is 24.2 Å². The van der Waals surface area contributed by atoms with Crippen molar-refractivity contribution in [2.24, 2.45) is 17.8 Å². The van der Waals surface area contributed by atoms with E-state index in [2.05, 4.69) is 26.9 Å². The van der Waals surface area contributed by atoms with Gasteiger partial charge in [0.25, 0.3) is 0 Å². The molecule has 25 heavy (non-hydrogen) atoms. The summed E-state index contributed by atoms with van der Waals surface area (Å²) in [5.41, 5.74) is 0. The molecule has 0 aromatic carbocycles. The zero-order chi connectivity index (χ0) is 18.0. The molecule has 146 valence electrons. The Bertz CT molecular complexity index is 424. The molecule has 0 spiro atoms. The second-order valence-electron chi connectivity index (χ2n) is 9.07. The molecule has 3 aliphatic rings. The molecule has 1 saturated carbocycles. The lowest BCUT2D eigenvalue weighted by Gasteiger charge is -2.33. The number of hydrogen-bond donors (Lipinski definition) is 1. The highest BCUT2D eigenvalue weighted by molar-refractivity contribution is 6.71. The van der Waals surface area contributed by atoms with Gasteiger partial charge in [-0.2, -0.15) is 0 Å². The van der Waals surface area contributed by atoms with E-state index in [1.807, 2.05) is 0 Å². The molecule has 0 amide bonds. The van der Waals surface area contributed by atoms with Gasteiger partial charge in [-0.05, 0) is 50.2 Å². The molecule has 3 rings (SSSR count). The average Bonchev–Trinajstić information content (AvgIpc) is 3.01. The van der Waals surface area contributed by atoms with Gasteiger partial charge in [0.15, 0.2) is 20.9 Å². The van der Waals surface area contributed by atoms with E-state index in [1.165, 1.54) is 12.5 Å². The Balaban J connectivity index is 1.60. The number of ether oxygens (including phenoxy) is 3. The molecule has 0 bridgehead atoms. The van der Waals surface area contributed by atoms with Crippen LogP contribution in [0.15, 0.2) is 0 Å². The van der Waals surface area contributed by atoms with Crippen molar-refractivity contribution in [2.45, 2.75) is 89.9 Å². The molecule has 1 N–H and O–H groups in total. The van der Waals surface area contributed by atoms with Crippen molar-refractivity contribution in [2.75, 3.05) is 13.2 Å². The summed E-state index contributed by atoms with van der Waals surface area (Å²) in [6.07, 6.45) is 4.37. The van der Waals surface area contributed by atoms with Gasteiger partial charge in [-0.3, -0.25) is 0 Å². The number of hydrogen-bond acceptors (Lipinski definition) is 5. The van der Waals surface area contributed by atoms with Crippen molar-refractivity contribution >= 4 is 8.32 Å². The number of rotatable bonds is 7. The molecule has 2 aliphatic heterocycles. The predicted octanol–water partition coefficient (Wildman–Crippen LogP) is 3.52. The predicted molar refractivity (Wildman–Crippen MR) is 98.6 cm³/mol. The number of fused-ring (bicyclic) bond motifs is 1. The molecule has 2 saturated heterocycles. The molecule has 0 radical (unpaired) electrons. The molecule has 5 unspecified atom stereocenters. The minimum atomic E-state index is -1.67. The summed E-state index contributed by atoms with van der Waals surface area (Å²) in [5, 5.41) is 9.89. The first-order valence-corrected chi connectivity index (χ1v) is 13.2. The quantitative estimate of drug-likeness (QED) is 0.693. The summed E-state index contributed by atoms with van der Waals surface area (Å²) < 4.78 is 24.3. The molecule has 3 fully saturated rings. The Morgan fingerprint density at radius 2 is 2.00 bits per heavy atom. The van der Waals surface area contributed by atoms with Crippen LogP contribution in [0, 0.1) is 17.8 Å². The molecule has 0 aromatic rings. The zero-order valence-electron chi connectivity index (χ0n) is 16.3. The monoisotopic (exact) mass is 372 g/mol. The topological polar surface area (TPSA) is 57.2 Å². The maximum atomic E-state index is 9.89. The van der Waals surface area contributed by atoms with Crippen LogP contribution in [-0.2, 0) is 18.6 Å². The fraction of sp³-hybridized carbons (Fsp3) is 1.00. The maximum absolute atomic E-state index is 9.89. The highest BCUT2D eigenvalue weighted by atomic mass is 28.4. The third kappa shape index (κ3) is 5.27. The van der Waals surface area contributed by atoms with E-state index < -0.39 is 14.6 Å². The Hall–Kier alpha value is 0.0169. The van der Waals surface area contributed by atoms with Gasteiger partial charge >= 0.3 is 0 Å². The fourth-order valence-electron chi connectivity index (χ4n) is 4.87. The Labute approximate surface area is 153 Å². The summed E-state index contributed by atoms with van der Waals surface area (Å²) in [5.74, 6) is 1.30. The zero-order valence-corrected chi connectivity index (χ0v) is 17.3. The van der Waals surface area contributed by atoms with Gasteiger partial charge in [-0.15, -0.1) is 0 Å². The van der Waals surface area contributed by atoms with Crippen LogP contribution in [0.1, 0.15) is 46.0 Å². The Morgan fingerprint density at radius 3 is 2.68 bits per heavy atom. The lowest BCUT2D eigenvalue weighted by atomic mass is 9.93. The van der Waals surface area contributed by atoms with Gasteiger partial charge in [0, 0.05) is 32.0 Å². The maximum Gasteiger partial charge on any atom is 0.186 e. The van der Waals surface area contributed by atoms with Gasteiger partial charge in [-0.1, -0.05) is 13.8 Å². The first kappa shape index (κ1) is 19.8. The van der Waals surface area contributed by atoms with Crippen molar-refractivity contribution in [3.8, 4) is 0 Å². The molecular weight excluding hydrogens is 336 g/mol. The first-order chi connectivity index (χ1) is 11.8. The lowest BCUT2D eigenvalue weighted by Crippen LogP contribution is -2.39. The summed E-state index contributed by atoms with van der Waals surface area (Å²) in [6.45, 7) is 10.7. The third-order valence-corrected chi connectivity index (χ3v) is 8.55. The molecule has 5 nitrogen and oxygen atoms in total. The fourth-order valence-corrected chi connectivity index (χ4v) is 7.60. The molecule has 2 heterocycles. The average molecular weight is 373 g/mol. The number of aliphatic hydroxyl groups excluding tert-OH is 1. The van der Waals surface area contributed by atoms with Crippen LogP contribution in [0.25, 0.3) is 0 Å². The van der Waals surface area contributed by atoms with Gasteiger partial charge in [0.05, 0.1) is 12.2 Å². The SMILES string of the molecule is CC(C)C[Si](C)(C)OCC1C(OC2CCCCO2)C[C@@H]2OC(O)CC12. The van der Waals surface area contributed by atoms with E-state index in [1.54, 1.807) is 0 Å². The van der Waals surface area contributed by atoms with Crippen molar-refractivity contribution in [1.29, 1.82) is 0 Å². The summed E-state index contributed by atoms with van der Waals surface area (Å²) in [4.78, 5) is 0. The van der Waals surface area contributed by atoms with Crippen LogP contribution in [0.2, 0.25) is 19.1 Å². The highest BCUT2D eigenvalue weighted by Gasteiger charge is 2.51. The van der Waals surface area contributed by atoms with Crippen molar-refractivity contribution in [3.05, 3.63) is 0 Å². The molecule has 0 aromatic heterocycles. The lowest BCUT2D eigenvalue weighted by molar-refractivity contribution is -0.201. The van der Waals surface area contributed by atoms with Gasteiger partial charge in [0.1, 0.15) is 0 Å². The summed E-state index contributed by atoms with van der Waals surface area (Å²) in [7, 11) is -1.67. The summed E-state index contributed by atoms with van der Waals surface area (Å²) >= 11 is 0. The van der Waals surface area contributed by atoms with E-state index >= 15 is 0 Å². The van der Waals surface area contributed by atoms with E-state index in [-0.39, 0.29) is 18.5 Å². The third-order valence-electron chi connectivity index (χ3n) is 5.81. The van der Waals surface area contributed by atoms with Crippen molar-refractivity contribution in [1.82, 2.24) is 0 Å². The Kier molecular flexibility index (Phi) is 6.61. The number of aliphatic hydroxyl groups is 1. The normalized spacial score (nSPS) is 39.1. The van der Waals surface area contributed by atoms with Crippen LogP contribution in [0.3, 0.4) is 0 Å². The van der Waals surface area contributed by atoms with Gasteiger partial charge in [0.2, 0.25) is 0 Å². The van der Waals surface area contributed by atoms with E-state index in [4.69, 9.17) is 18.6 Å². The van der Waals surface area contributed by atoms with Crippen LogP contribution in [-0.4, -0.2) is 51.4 Å². The second-order valence-corrected chi connectivity index (χ2v) is 13.3. The summed E-state index contributed by atoms with van der Waals surface area (Å²) in [6, 6.07) is 1.17. The van der Waals surface area contributed by atoms with Crippen molar-refractivity contribution < 1.29 is 23.7 Å². The van der Waals surface area contributed by atoms with Crippen LogP contribution in [0.4, 0.5) is 0 Å². The van der Waals surface area contributed by atoms with E-state index in [9.17, 15) is 5.11 Å². The highest BCUT2D eigenvalue weighted by Crippen LogP contribution is 2.45.